The third-order valence-corrected chi connectivity index (χ3v) is 4.33. The van der Waals surface area contributed by atoms with Gasteiger partial charge in [0.1, 0.15) is 0 Å². The van der Waals surface area contributed by atoms with Crippen molar-refractivity contribution >= 4 is 18.3 Å². The summed E-state index contributed by atoms with van der Waals surface area (Å²) in [6, 6.07) is 8.40. The fourth-order valence-electron chi connectivity index (χ4n) is 2.05. The van der Waals surface area contributed by atoms with E-state index in [4.69, 9.17) is 9.31 Å². The standard InChI is InChI=1S/C15H24BNO2/c1-7-17(6)13-10-8-12(9-11-13)16-18-14(2,3)15(4,5)19-16/h8-11H,7H2,1-6H3. The Balaban J connectivity index is 2.17. The van der Waals surface area contributed by atoms with Gasteiger partial charge in [0.15, 0.2) is 0 Å². The lowest BCUT2D eigenvalue weighted by Crippen LogP contribution is -2.41. The van der Waals surface area contributed by atoms with Crippen molar-refractivity contribution in [2.75, 3.05) is 18.5 Å². The first-order valence-corrected chi connectivity index (χ1v) is 6.93. The molecular weight excluding hydrogens is 237 g/mol. The molecule has 104 valence electrons. The van der Waals surface area contributed by atoms with Gasteiger partial charge >= 0.3 is 7.12 Å². The summed E-state index contributed by atoms with van der Waals surface area (Å²) in [6.07, 6.45) is 0. The SMILES string of the molecule is CCN(C)c1ccc(B2OC(C)(C)C(C)(C)O2)cc1. The van der Waals surface area contributed by atoms with Crippen LogP contribution in [0, 0.1) is 0 Å². The number of nitrogens with zero attached hydrogens (tertiary/aromatic N) is 1. The molecular formula is C15H24BNO2. The molecule has 0 N–H and O–H groups in total. The number of rotatable bonds is 3. The van der Waals surface area contributed by atoms with Crippen LogP contribution in [0.4, 0.5) is 5.69 Å². The quantitative estimate of drug-likeness (QED) is 0.780. The fraction of sp³-hybridized carbons (Fsp3) is 0.600. The molecule has 0 unspecified atom stereocenters. The Morgan fingerprint density at radius 1 is 1.00 bits per heavy atom. The Kier molecular flexibility index (Phi) is 3.67. The predicted molar refractivity (Wildman–Crippen MR) is 81.1 cm³/mol. The Morgan fingerprint density at radius 2 is 1.47 bits per heavy atom. The molecule has 0 amide bonds. The maximum atomic E-state index is 6.04. The van der Waals surface area contributed by atoms with Crippen LogP contribution in [0.1, 0.15) is 34.6 Å². The second kappa shape index (κ2) is 4.84. The Labute approximate surface area is 117 Å². The third-order valence-electron chi connectivity index (χ3n) is 4.33. The summed E-state index contributed by atoms with van der Waals surface area (Å²) in [6.45, 7) is 11.4. The van der Waals surface area contributed by atoms with Gasteiger partial charge in [0.2, 0.25) is 0 Å². The highest BCUT2D eigenvalue weighted by Gasteiger charge is 2.51. The maximum Gasteiger partial charge on any atom is 0.494 e. The predicted octanol–water partition coefficient (Wildman–Crippen LogP) is 2.44. The van der Waals surface area contributed by atoms with Crippen LogP contribution >= 0.6 is 0 Å². The van der Waals surface area contributed by atoms with Crippen molar-refractivity contribution in [1.29, 1.82) is 0 Å². The van der Waals surface area contributed by atoms with Crippen molar-refractivity contribution in [3.05, 3.63) is 24.3 Å². The van der Waals surface area contributed by atoms with Crippen LogP contribution in [0.5, 0.6) is 0 Å². The maximum absolute atomic E-state index is 6.04. The Hall–Kier alpha value is -0.995. The summed E-state index contributed by atoms with van der Waals surface area (Å²) in [4.78, 5) is 2.20. The molecule has 2 rings (SSSR count). The van der Waals surface area contributed by atoms with Crippen LogP contribution in [0.3, 0.4) is 0 Å². The molecule has 1 saturated heterocycles. The number of hydrogen-bond donors (Lipinski definition) is 0. The van der Waals surface area contributed by atoms with E-state index in [1.165, 1.54) is 5.69 Å². The lowest BCUT2D eigenvalue weighted by Gasteiger charge is -2.32. The molecule has 0 bridgehead atoms. The van der Waals surface area contributed by atoms with E-state index in [1.54, 1.807) is 0 Å². The van der Waals surface area contributed by atoms with Crippen LogP contribution in [-0.4, -0.2) is 31.9 Å². The van der Waals surface area contributed by atoms with E-state index in [9.17, 15) is 0 Å². The van der Waals surface area contributed by atoms with E-state index in [-0.39, 0.29) is 18.3 Å². The van der Waals surface area contributed by atoms with E-state index in [1.807, 2.05) is 0 Å². The first-order valence-electron chi connectivity index (χ1n) is 6.93. The van der Waals surface area contributed by atoms with Crippen molar-refractivity contribution in [2.24, 2.45) is 0 Å². The van der Waals surface area contributed by atoms with Crippen molar-refractivity contribution in [3.63, 3.8) is 0 Å². The van der Waals surface area contributed by atoms with E-state index < -0.39 is 0 Å². The monoisotopic (exact) mass is 261 g/mol. The second-order valence-corrected chi connectivity index (χ2v) is 6.19. The zero-order valence-corrected chi connectivity index (χ0v) is 12.9. The van der Waals surface area contributed by atoms with Crippen LogP contribution in [0.2, 0.25) is 0 Å². The zero-order chi connectivity index (χ0) is 14.3. The zero-order valence-electron chi connectivity index (χ0n) is 12.9. The lowest BCUT2D eigenvalue weighted by molar-refractivity contribution is 0.00578. The largest absolute Gasteiger partial charge is 0.494 e. The van der Waals surface area contributed by atoms with E-state index in [0.717, 1.165) is 12.0 Å². The average Bonchev–Trinajstić information content (AvgIpc) is 2.58. The molecule has 0 atom stereocenters. The lowest BCUT2D eigenvalue weighted by atomic mass is 9.79. The van der Waals surface area contributed by atoms with Crippen molar-refractivity contribution < 1.29 is 9.31 Å². The first kappa shape index (κ1) is 14.4. The molecule has 0 saturated carbocycles. The Morgan fingerprint density at radius 3 is 1.89 bits per heavy atom. The van der Waals surface area contributed by atoms with Crippen molar-refractivity contribution in [3.8, 4) is 0 Å². The van der Waals surface area contributed by atoms with Gasteiger partial charge in [-0.15, -0.1) is 0 Å². The van der Waals surface area contributed by atoms with Gasteiger partial charge in [0, 0.05) is 19.3 Å². The molecule has 0 aliphatic carbocycles. The highest BCUT2D eigenvalue weighted by atomic mass is 16.7. The molecule has 1 fully saturated rings. The fourth-order valence-corrected chi connectivity index (χ4v) is 2.05. The highest BCUT2D eigenvalue weighted by molar-refractivity contribution is 6.62. The summed E-state index contributed by atoms with van der Waals surface area (Å²) < 4.78 is 12.1. The molecule has 3 nitrogen and oxygen atoms in total. The second-order valence-electron chi connectivity index (χ2n) is 6.19. The highest BCUT2D eigenvalue weighted by Crippen LogP contribution is 2.36. The molecule has 0 aromatic heterocycles. The molecule has 1 aliphatic heterocycles. The Bertz CT molecular complexity index is 426. The average molecular weight is 261 g/mol. The summed E-state index contributed by atoms with van der Waals surface area (Å²) >= 11 is 0. The van der Waals surface area contributed by atoms with E-state index in [0.29, 0.717) is 0 Å². The minimum atomic E-state index is -0.281. The van der Waals surface area contributed by atoms with Crippen molar-refractivity contribution in [2.45, 2.75) is 45.8 Å². The van der Waals surface area contributed by atoms with Crippen LogP contribution < -0.4 is 10.4 Å². The van der Waals surface area contributed by atoms with Crippen molar-refractivity contribution in [1.82, 2.24) is 0 Å². The van der Waals surface area contributed by atoms with Crippen LogP contribution in [0.15, 0.2) is 24.3 Å². The molecule has 4 heteroatoms. The van der Waals surface area contributed by atoms with E-state index in [2.05, 4.69) is 70.8 Å². The summed E-state index contributed by atoms with van der Waals surface area (Å²) in [5.41, 5.74) is 1.72. The summed E-state index contributed by atoms with van der Waals surface area (Å²) in [5.74, 6) is 0. The molecule has 0 radical (unpaired) electrons. The van der Waals surface area contributed by atoms with Crippen LogP contribution in [0.25, 0.3) is 0 Å². The van der Waals surface area contributed by atoms with Gasteiger partial charge in [0.05, 0.1) is 11.2 Å². The van der Waals surface area contributed by atoms with Gasteiger partial charge in [-0.2, -0.15) is 0 Å². The minimum Gasteiger partial charge on any atom is -0.399 e. The van der Waals surface area contributed by atoms with Gasteiger partial charge in [-0.3, -0.25) is 0 Å². The van der Waals surface area contributed by atoms with Crippen LogP contribution in [-0.2, 0) is 9.31 Å². The normalized spacial score (nSPS) is 20.6. The van der Waals surface area contributed by atoms with Gasteiger partial charge < -0.3 is 14.2 Å². The first-order chi connectivity index (χ1) is 8.77. The van der Waals surface area contributed by atoms with Gasteiger partial charge in [0.25, 0.3) is 0 Å². The van der Waals surface area contributed by atoms with Gasteiger partial charge in [-0.05, 0) is 52.2 Å². The summed E-state index contributed by atoms with van der Waals surface area (Å²) in [7, 11) is 1.81. The topological polar surface area (TPSA) is 21.7 Å². The molecule has 0 spiro atoms. The number of anilines is 1. The number of hydrogen-bond acceptors (Lipinski definition) is 3. The number of benzene rings is 1. The van der Waals surface area contributed by atoms with E-state index >= 15 is 0 Å². The molecule has 19 heavy (non-hydrogen) atoms. The molecule has 1 aliphatic rings. The molecule has 1 aromatic rings. The van der Waals surface area contributed by atoms with Gasteiger partial charge in [-0.25, -0.2) is 0 Å². The molecule has 1 aromatic carbocycles. The smallest absolute Gasteiger partial charge is 0.399 e. The summed E-state index contributed by atoms with van der Waals surface area (Å²) in [5, 5.41) is 0. The molecule has 1 heterocycles. The van der Waals surface area contributed by atoms with Gasteiger partial charge in [-0.1, -0.05) is 12.1 Å². The minimum absolute atomic E-state index is 0.272. The third kappa shape index (κ3) is 2.65.